The van der Waals surface area contributed by atoms with Gasteiger partial charge in [-0.1, -0.05) is 0 Å². The molecule has 80 valence electrons. The number of aromatic amines is 1. The summed E-state index contributed by atoms with van der Waals surface area (Å²) >= 11 is 0. The minimum atomic E-state index is -1.02. The molecule has 0 unspecified atom stereocenters. The molecule has 0 radical (unpaired) electrons. The van der Waals surface area contributed by atoms with Crippen LogP contribution in [0.15, 0.2) is 12.3 Å². The summed E-state index contributed by atoms with van der Waals surface area (Å²) < 4.78 is 0. The van der Waals surface area contributed by atoms with Crippen LogP contribution in [0, 0.1) is 0 Å². The van der Waals surface area contributed by atoms with Crippen molar-refractivity contribution < 1.29 is 14.7 Å². The van der Waals surface area contributed by atoms with E-state index in [1.807, 2.05) is 0 Å². The lowest BCUT2D eigenvalue weighted by molar-refractivity contribution is 0.0697. The molecule has 0 aromatic carbocycles. The number of amides is 1. The van der Waals surface area contributed by atoms with Crippen molar-refractivity contribution in [3.8, 4) is 0 Å². The van der Waals surface area contributed by atoms with Crippen molar-refractivity contribution in [3.63, 3.8) is 0 Å². The molecule has 1 fully saturated rings. The highest BCUT2D eigenvalue weighted by Gasteiger charge is 2.21. The van der Waals surface area contributed by atoms with Gasteiger partial charge in [0.2, 0.25) is 0 Å². The number of carbonyl (C=O) groups excluding carboxylic acids is 1. The smallest absolute Gasteiger partial charge is 0.337 e. The molecule has 5 heteroatoms. The number of hydrogen-bond acceptors (Lipinski definition) is 2. The van der Waals surface area contributed by atoms with Crippen LogP contribution in [0.4, 0.5) is 0 Å². The van der Waals surface area contributed by atoms with Crippen LogP contribution >= 0.6 is 0 Å². The summed E-state index contributed by atoms with van der Waals surface area (Å²) in [6.45, 7) is 1.53. The zero-order valence-corrected chi connectivity index (χ0v) is 8.19. The van der Waals surface area contributed by atoms with Crippen LogP contribution in [0.2, 0.25) is 0 Å². The third kappa shape index (κ3) is 1.86. The van der Waals surface area contributed by atoms with E-state index in [0.29, 0.717) is 5.69 Å². The van der Waals surface area contributed by atoms with Gasteiger partial charge in [-0.15, -0.1) is 0 Å². The number of carboxylic acids is 1. The summed E-state index contributed by atoms with van der Waals surface area (Å²) in [5.74, 6) is -1.13. The number of hydrogen-bond donors (Lipinski definition) is 2. The van der Waals surface area contributed by atoms with Crippen molar-refractivity contribution in [2.45, 2.75) is 12.8 Å². The Bertz CT molecular complexity index is 391. The van der Waals surface area contributed by atoms with Crippen molar-refractivity contribution in [2.24, 2.45) is 0 Å². The number of likely N-dealkylation sites (tertiary alicyclic amines) is 1. The Kier molecular flexibility index (Phi) is 2.45. The summed E-state index contributed by atoms with van der Waals surface area (Å²) in [5, 5.41) is 8.70. The molecule has 15 heavy (non-hydrogen) atoms. The Labute approximate surface area is 86.7 Å². The molecule has 0 atom stereocenters. The van der Waals surface area contributed by atoms with Crippen molar-refractivity contribution in [1.82, 2.24) is 9.88 Å². The van der Waals surface area contributed by atoms with E-state index in [1.165, 1.54) is 12.3 Å². The van der Waals surface area contributed by atoms with Gasteiger partial charge >= 0.3 is 5.97 Å². The summed E-state index contributed by atoms with van der Waals surface area (Å²) in [4.78, 5) is 26.8. The molecular formula is C10H12N2O3. The second-order valence-corrected chi connectivity index (χ2v) is 3.61. The summed E-state index contributed by atoms with van der Waals surface area (Å²) in [5.41, 5.74) is 0.479. The van der Waals surface area contributed by atoms with Gasteiger partial charge in [-0.3, -0.25) is 4.79 Å². The van der Waals surface area contributed by atoms with E-state index >= 15 is 0 Å². The van der Waals surface area contributed by atoms with E-state index in [1.54, 1.807) is 4.90 Å². The predicted molar refractivity (Wildman–Crippen MR) is 52.9 cm³/mol. The van der Waals surface area contributed by atoms with Gasteiger partial charge in [-0.25, -0.2) is 4.79 Å². The number of carbonyl (C=O) groups is 2. The number of H-pyrrole nitrogens is 1. The maximum Gasteiger partial charge on any atom is 0.337 e. The Morgan fingerprint density at radius 2 is 2.00 bits per heavy atom. The molecule has 0 bridgehead atoms. The van der Waals surface area contributed by atoms with E-state index in [0.717, 1.165) is 25.9 Å². The Hall–Kier alpha value is -1.78. The van der Waals surface area contributed by atoms with Crippen LogP contribution in [0.1, 0.15) is 33.7 Å². The van der Waals surface area contributed by atoms with Crippen LogP contribution in [-0.2, 0) is 0 Å². The lowest BCUT2D eigenvalue weighted by Crippen LogP contribution is -2.27. The Balaban J connectivity index is 2.14. The molecule has 5 nitrogen and oxygen atoms in total. The van der Waals surface area contributed by atoms with Crippen molar-refractivity contribution in [2.75, 3.05) is 13.1 Å². The number of nitrogens with one attached hydrogen (secondary N) is 1. The molecule has 1 aromatic heterocycles. The average molecular weight is 208 g/mol. The number of rotatable bonds is 2. The van der Waals surface area contributed by atoms with E-state index in [-0.39, 0.29) is 11.5 Å². The molecule has 0 spiro atoms. The number of aromatic nitrogens is 1. The van der Waals surface area contributed by atoms with Crippen molar-refractivity contribution in [1.29, 1.82) is 0 Å². The number of carboxylic acid groups (broad SMARTS) is 1. The molecule has 1 aromatic rings. The van der Waals surface area contributed by atoms with Gasteiger partial charge < -0.3 is 15.0 Å². The fourth-order valence-electron chi connectivity index (χ4n) is 1.73. The van der Waals surface area contributed by atoms with E-state index in [9.17, 15) is 9.59 Å². The fourth-order valence-corrected chi connectivity index (χ4v) is 1.73. The Morgan fingerprint density at radius 1 is 1.33 bits per heavy atom. The second kappa shape index (κ2) is 3.76. The van der Waals surface area contributed by atoms with Gasteiger partial charge in [0.05, 0.1) is 5.56 Å². The zero-order valence-electron chi connectivity index (χ0n) is 8.19. The predicted octanol–water partition coefficient (Wildman–Crippen LogP) is 0.949. The van der Waals surface area contributed by atoms with Gasteiger partial charge in [-0.2, -0.15) is 0 Å². The van der Waals surface area contributed by atoms with Crippen LogP contribution < -0.4 is 0 Å². The van der Waals surface area contributed by atoms with Crippen LogP contribution in [-0.4, -0.2) is 40.0 Å². The quantitative estimate of drug-likeness (QED) is 0.759. The molecule has 2 N–H and O–H groups in total. The van der Waals surface area contributed by atoms with Gasteiger partial charge in [0.25, 0.3) is 5.91 Å². The Morgan fingerprint density at radius 3 is 2.53 bits per heavy atom. The SMILES string of the molecule is O=C(O)c1c[nH]c(C(=O)N2CCCC2)c1. The molecule has 1 saturated heterocycles. The normalized spacial score (nSPS) is 15.6. The molecular weight excluding hydrogens is 196 g/mol. The van der Waals surface area contributed by atoms with Crippen molar-refractivity contribution in [3.05, 3.63) is 23.5 Å². The first-order valence-corrected chi connectivity index (χ1v) is 4.89. The van der Waals surface area contributed by atoms with Gasteiger partial charge in [-0.05, 0) is 18.9 Å². The lowest BCUT2D eigenvalue weighted by atomic mass is 10.3. The topological polar surface area (TPSA) is 73.4 Å². The first kappa shape index (κ1) is 9.76. The third-order valence-corrected chi connectivity index (χ3v) is 2.55. The standard InChI is InChI=1S/C10H12N2O3/c13-9(12-3-1-2-4-12)8-5-7(6-11-8)10(14)15/h5-6,11H,1-4H2,(H,14,15). The van der Waals surface area contributed by atoms with Crippen LogP contribution in [0.25, 0.3) is 0 Å². The molecule has 2 rings (SSSR count). The maximum absolute atomic E-state index is 11.8. The van der Waals surface area contributed by atoms with Gasteiger partial charge in [0.1, 0.15) is 5.69 Å². The molecule has 2 heterocycles. The van der Waals surface area contributed by atoms with Crippen LogP contribution in [0.5, 0.6) is 0 Å². The minimum absolute atomic E-state index is 0.111. The first-order chi connectivity index (χ1) is 7.18. The zero-order chi connectivity index (χ0) is 10.8. The summed E-state index contributed by atoms with van der Waals surface area (Å²) in [6.07, 6.45) is 3.39. The molecule has 0 saturated carbocycles. The lowest BCUT2D eigenvalue weighted by Gasteiger charge is -2.13. The largest absolute Gasteiger partial charge is 0.478 e. The molecule has 1 aliphatic heterocycles. The van der Waals surface area contributed by atoms with E-state index in [2.05, 4.69) is 4.98 Å². The highest BCUT2D eigenvalue weighted by atomic mass is 16.4. The summed E-state index contributed by atoms with van der Waals surface area (Å²) in [6, 6.07) is 1.38. The third-order valence-electron chi connectivity index (χ3n) is 2.55. The minimum Gasteiger partial charge on any atom is -0.478 e. The maximum atomic E-state index is 11.8. The van der Waals surface area contributed by atoms with Crippen molar-refractivity contribution >= 4 is 11.9 Å². The monoisotopic (exact) mass is 208 g/mol. The summed E-state index contributed by atoms with van der Waals surface area (Å²) in [7, 11) is 0. The first-order valence-electron chi connectivity index (χ1n) is 4.89. The molecule has 1 aliphatic rings. The molecule has 1 amide bonds. The van der Waals surface area contributed by atoms with Gasteiger partial charge in [0.15, 0.2) is 0 Å². The van der Waals surface area contributed by atoms with E-state index < -0.39 is 5.97 Å². The number of aromatic carboxylic acids is 1. The number of nitrogens with zero attached hydrogens (tertiary/aromatic N) is 1. The average Bonchev–Trinajstić information content (AvgIpc) is 2.88. The fraction of sp³-hybridized carbons (Fsp3) is 0.400. The molecule has 0 aliphatic carbocycles. The van der Waals surface area contributed by atoms with Gasteiger partial charge in [0, 0.05) is 19.3 Å². The van der Waals surface area contributed by atoms with E-state index in [4.69, 9.17) is 5.11 Å². The van der Waals surface area contributed by atoms with Crippen LogP contribution in [0.3, 0.4) is 0 Å². The second-order valence-electron chi connectivity index (χ2n) is 3.61. The highest BCUT2D eigenvalue weighted by Crippen LogP contribution is 2.13. The highest BCUT2D eigenvalue weighted by molar-refractivity contribution is 5.96.